The van der Waals surface area contributed by atoms with Crippen LogP contribution in [0.2, 0.25) is 0 Å². The van der Waals surface area contributed by atoms with Gasteiger partial charge in [0, 0.05) is 24.8 Å². The number of aliphatic imine (C=N–C) groups is 1. The minimum atomic E-state index is -4.41. The standard InChI is InChI=1S/C13H17F3N4O2/c14-13(15,16)9-22-11-10(2-1-3-18-11)8-19-12(17)20-4-6-21-7-5-20/h1-3H,4-9H2,(H2,17,19). The van der Waals surface area contributed by atoms with E-state index in [-0.39, 0.29) is 12.4 Å². The van der Waals surface area contributed by atoms with Crippen LogP contribution in [0.1, 0.15) is 5.56 Å². The van der Waals surface area contributed by atoms with Crippen LogP contribution in [-0.4, -0.2) is 54.9 Å². The Morgan fingerprint density at radius 3 is 2.82 bits per heavy atom. The van der Waals surface area contributed by atoms with Crippen molar-refractivity contribution < 1.29 is 22.6 Å². The maximum atomic E-state index is 12.2. The lowest BCUT2D eigenvalue weighted by Crippen LogP contribution is -2.44. The van der Waals surface area contributed by atoms with Crippen molar-refractivity contribution in [3.05, 3.63) is 23.9 Å². The van der Waals surface area contributed by atoms with Gasteiger partial charge in [0.05, 0.1) is 19.8 Å². The molecule has 1 saturated heterocycles. The maximum absolute atomic E-state index is 12.2. The van der Waals surface area contributed by atoms with Crippen molar-refractivity contribution in [2.24, 2.45) is 10.7 Å². The molecule has 1 aliphatic rings. The van der Waals surface area contributed by atoms with E-state index in [0.29, 0.717) is 37.8 Å². The minimum absolute atomic E-state index is 0.0849. The predicted molar refractivity (Wildman–Crippen MR) is 73.5 cm³/mol. The van der Waals surface area contributed by atoms with Gasteiger partial charge in [-0.2, -0.15) is 13.2 Å². The summed E-state index contributed by atoms with van der Waals surface area (Å²) in [5.74, 6) is 0.243. The molecule has 0 unspecified atom stereocenters. The zero-order valence-corrected chi connectivity index (χ0v) is 11.8. The second-order valence-corrected chi connectivity index (χ2v) is 4.65. The minimum Gasteiger partial charge on any atom is -0.468 e. The molecule has 0 saturated carbocycles. The van der Waals surface area contributed by atoms with Gasteiger partial charge < -0.3 is 20.1 Å². The summed E-state index contributed by atoms with van der Waals surface area (Å²) in [7, 11) is 0. The lowest BCUT2D eigenvalue weighted by Gasteiger charge is -2.27. The van der Waals surface area contributed by atoms with Crippen LogP contribution in [0.3, 0.4) is 0 Å². The van der Waals surface area contributed by atoms with Crippen LogP contribution in [0, 0.1) is 0 Å². The molecule has 9 heteroatoms. The van der Waals surface area contributed by atoms with E-state index >= 15 is 0 Å². The Morgan fingerprint density at radius 1 is 1.41 bits per heavy atom. The first-order chi connectivity index (χ1) is 10.5. The molecule has 2 heterocycles. The summed E-state index contributed by atoms with van der Waals surface area (Å²) in [4.78, 5) is 9.85. The van der Waals surface area contributed by atoms with E-state index in [2.05, 4.69) is 9.98 Å². The maximum Gasteiger partial charge on any atom is 0.422 e. The van der Waals surface area contributed by atoms with Crippen molar-refractivity contribution in [3.63, 3.8) is 0 Å². The van der Waals surface area contributed by atoms with Crippen LogP contribution in [0.25, 0.3) is 0 Å². The molecule has 0 radical (unpaired) electrons. The van der Waals surface area contributed by atoms with E-state index < -0.39 is 12.8 Å². The Labute approximate surface area is 125 Å². The van der Waals surface area contributed by atoms with Crippen molar-refractivity contribution in [1.29, 1.82) is 0 Å². The van der Waals surface area contributed by atoms with E-state index in [9.17, 15) is 13.2 Å². The van der Waals surface area contributed by atoms with Crippen molar-refractivity contribution in [1.82, 2.24) is 9.88 Å². The van der Waals surface area contributed by atoms with Crippen LogP contribution in [-0.2, 0) is 11.3 Å². The first-order valence-electron chi connectivity index (χ1n) is 6.72. The molecular formula is C13H17F3N4O2. The molecule has 122 valence electrons. The van der Waals surface area contributed by atoms with E-state index in [1.165, 1.54) is 6.20 Å². The number of hydrogen-bond donors (Lipinski definition) is 1. The summed E-state index contributed by atoms with van der Waals surface area (Å²) in [6, 6.07) is 3.21. The number of nitrogens with two attached hydrogens (primary N) is 1. The molecule has 6 nitrogen and oxygen atoms in total. The molecule has 2 N–H and O–H groups in total. The molecule has 0 aliphatic carbocycles. The Hall–Kier alpha value is -2.03. The zero-order chi connectivity index (χ0) is 16.0. The Kier molecular flexibility index (Phi) is 5.42. The fourth-order valence-corrected chi connectivity index (χ4v) is 1.88. The van der Waals surface area contributed by atoms with Crippen LogP contribution in [0.4, 0.5) is 13.2 Å². The highest BCUT2D eigenvalue weighted by Gasteiger charge is 2.29. The normalized spacial score (nSPS) is 16.7. The van der Waals surface area contributed by atoms with Gasteiger partial charge in [0.2, 0.25) is 5.88 Å². The smallest absolute Gasteiger partial charge is 0.422 e. The monoisotopic (exact) mass is 318 g/mol. The number of hydrogen-bond acceptors (Lipinski definition) is 4. The molecule has 0 amide bonds. The summed E-state index contributed by atoms with van der Waals surface area (Å²) in [6.45, 7) is 1.13. The fourth-order valence-electron chi connectivity index (χ4n) is 1.88. The predicted octanol–water partition coefficient (Wildman–Crippen LogP) is 1.17. The summed E-state index contributed by atoms with van der Waals surface area (Å²) >= 11 is 0. The summed E-state index contributed by atoms with van der Waals surface area (Å²) in [5.41, 5.74) is 6.32. The van der Waals surface area contributed by atoms with E-state index in [1.54, 1.807) is 12.1 Å². The highest BCUT2D eigenvalue weighted by Crippen LogP contribution is 2.20. The number of aromatic nitrogens is 1. The zero-order valence-electron chi connectivity index (χ0n) is 11.8. The van der Waals surface area contributed by atoms with Crippen molar-refractivity contribution in [3.8, 4) is 5.88 Å². The largest absolute Gasteiger partial charge is 0.468 e. The van der Waals surface area contributed by atoms with Crippen LogP contribution in [0.15, 0.2) is 23.3 Å². The summed E-state index contributed by atoms with van der Waals surface area (Å²) < 4.78 is 46.5. The van der Waals surface area contributed by atoms with E-state index in [4.69, 9.17) is 15.2 Å². The quantitative estimate of drug-likeness (QED) is 0.666. The Bertz CT molecular complexity index is 516. The number of guanidine groups is 1. The van der Waals surface area contributed by atoms with Gasteiger partial charge in [-0.05, 0) is 6.07 Å². The topological polar surface area (TPSA) is 73.0 Å². The lowest BCUT2D eigenvalue weighted by atomic mass is 10.3. The van der Waals surface area contributed by atoms with Gasteiger partial charge in [-0.25, -0.2) is 9.98 Å². The number of nitrogens with zero attached hydrogens (tertiary/aromatic N) is 3. The molecular weight excluding hydrogens is 301 g/mol. The molecule has 22 heavy (non-hydrogen) atoms. The van der Waals surface area contributed by atoms with Crippen molar-refractivity contribution in [2.45, 2.75) is 12.7 Å². The second-order valence-electron chi connectivity index (χ2n) is 4.65. The van der Waals surface area contributed by atoms with Crippen LogP contribution < -0.4 is 10.5 Å². The van der Waals surface area contributed by atoms with Gasteiger partial charge in [-0.1, -0.05) is 6.07 Å². The average molecular weight is 318 g/mol. The van der Waals surface area contributed by atoms with Gasteiger partial charge >= 0.3 is 6.18 Å². The van der Waals surface area contributed by atoms with Gasteiger partial charge in [0.25, 0.3) is 0 Å². The molecule has 1 aliphatic heterocycles. The van der Waals surface area contributed by atoms with Gasteiger partial charge in [0.1, 0.15) is 0 Å². The lowest BCUT2D eigenvalue weighted by molar-refractivity contribution is -0.154. The Balaban J connectivity index is 1.99. The summed E-state index contributed by atoms with van der Waals surface area (Å²) in [5, 5.41) is 0. The Morgan fingerprint density at radius 2 is 2.14 bits per heavy atom. The number of pyridine rings is 1. The molecule has 0 spiro atoms. The fraction of sp³-hybridized carbons (Fsp3) is 0.538. The third kappa shape index (κ3) is 5.06. The first kappa shape index (κ1) is 16.3. The molecule has 2 rings (SSSR count). The molecule has 0 bridgehead atoms. The first-order valence-corrected chi connectivity index (χ1v) is 6.72. The highest BCUT2D eigenvalue weighted by molar-refractivity contribution is 5.78. The van der Waals surface area contributed by atoms with Crippen molar-refractivity contribution >= 4 is 5.96 Å². The molecule has 0 aromatic carbocycles. The molecule has 1 fully saturated rings. The molecule has 0 atom stereocenters. The van der Waals surface area contributed by atoms with E-state index in [0.717, 1.165) is 0 Å². The summed E-state index contributed by atoms with van der Waals surface area (Å²) in [6.07, 6.45) is -3.05. The average Bonchev–Trinajstić information content (AvgIpc) is 2.51. The van der Waals surface area contributed by atoms with Gasteiger partial charge in [-0.3, -0.25) is 0 Å². The van der Waals surface area contributed by atoms with Crippen molar-refractivity contribution in [2.75, 3.05) is 32.9 Å². The van der Waals surface area contributed by atoms with E-state index in [1.807, 2.05) is 4.90 Å². The number of alkyl halides is 3. The highest BCUT2D eigenvalue weighted by atomic mass is 19.4. The second kappa shape index (κ2) is 7.30. The SMILES string of the molecule is NC(=NCc1cccnc1OCC(F)(F)F)N1CCOCC1. The van der Waals surface area contributed by atoms with Gasteiger partial charge in [0.15, 0.2) is 12.6 Å². The van der Waals surface area contributed by atoms with Crippen LogP contribution >= 0.6 is 0 Å². The number of ether oxygens (including phenoxy) is 2. The number of morpholine rings is 1. The third-order valence-corrected chi connectivity index (χ3v) is 2.97. The number of rotatable bonds is 4. The molecule has 1 aromatic rings. The van der Waals surface area contributed by atoms with Crippen LogP contribution in [0.5, 0.6) is 5.88 Å². The third-order valence-electron chi connectivity index (χ3n) is 2.97. The number of halogens is 3. The molecule has 1 aromatic heterocycles. The van der Waals surface area contributed by atoms with Gasteiger partial charge in [-0.15, -0.1) is 0 Å².